The van der Waals surface area contributed by atoms with E-state index in [1.165, 1.54) is 12.8 Å². The molecule has 7 heteroatoms. The van der Waals surface area contributed by atoms with E-state index in [9.17, 15) is 4.79 Å². The largest absolute Gasteiger partial charge is 0.497 e. The molecule has 0 amide bonds. The number of fused-ring (bicyclic) bond motifs is 2. The molecule has 1 aromatic heterocycles. The van der Waals surface area contributed by atoms with Crippen LogP contribution in [0.15, 0.2) is 22.7 Å². The maximum atomic E-state index is 12.3. The summed E-state index contributed by atoms with van der Waals surface area (Å²) in [5.41, 5.74) is 0.683. The lowest BCUT2D eigenvalue weighted by Gasteiger charge is -2.19. The number of ether oxygens (including phenoxy) is 3. The monoisotopic (exact) mass is 358 g/mol. The van der Waals surface area contributed by atoms with Gasteiger partial charge in [-0.1, -0.05) is 11.6 Å². The molecule has 0 N–H and O–H groups in total. The minimum absolute atomic E-state index is 0.00180. The fourth-order valence-corrected chi connectivity index (χ4v) is 4.18. The number of hydrogen-bond donors (Lipinski definition) is 0. The second-order valence-electron chi connectivity index (χ2n) is 6.97. The molecule has 2 aliphatic carbocycles. The highest BCUT2D eigenvalue weighted by atomic mass is 16.6. The summed E-state index contributed by atoms with van der Waals surface area (Å²) >= 11 is 0. The average molecular weight is 358 g/mol. The van der Waals surface area contributed by atoms with Gasteiger partial charge < -0.3 is 18.7 Å². The minimum atomic E-state index is -0.140. The number of rotatable bonds is 6. The standard InChI is InChI=1S/C19H22N2O5/c1-23-13-5-6-14(16(9-13)24-2)18-20-17(26-21-18)10-25-19(22)15-8-11-3-4-12(15)7-11/h5-6,9,11-12,15H,3-4,7-8,10H2,1-2H3. The first kappa shape index (κ1) is 16.9. The molecule has 1 aromatic carbocycles. The van der Waals surface area contributed by atoms with E-state index in [-0.39, 0.29) is 24.4 Å². The number of methoxy groups -OCH3 is 2. The quantitative estimate of drug-likeness (QED) is 0.733. The van der Waals surface area contributed by atoms with Crippen molar-refractivity contribution in [2.45, 2.75) is 32.3 Å². The molecule has 2 bridgehead atoms. The van der Waals surface area contributed by atoms with E-state index >= 15 is 0 Å². The maximum absolute atomic E-state index is 12.3. The summed E-state index contributed by atoms with van der Waals surface area (Å²) in [7, 11) is 3.15. The van der Waals surface area contributed by atoms with Gasteiger partial charge in [-0.15, -0.1) is 0 Å². The van der Waals surface area contributed by atoms with Crippen LogP contribution in [0.1, 0.15) is 31.6 Å². The molecule has 2 fully saturated rings. The molecule has 3 atom stereocenters. The Labute approximate surface area is 151 Å². The Balaban J connectivity index is 1.41. The summed E-state index contributed by atoms with van der Waals surface area (Å²) in [6.45, 7) is -0.00180. The van der Waals surface area contributed by atoms with Gasteiger partial charge in [0, 0.05) is 6.07 Å². The number of nitrogens with zero attached hydrogens (tertiary/aromatic N) is 2. The van der Waals surface area contributed by atoms with Crippen molar-refractivity contribution in [3.8, 4) is 22.9 Å². The van der Waals surface area contributed by atoms with Crippen LogP contribution in [0.3, 0.4) is 0 Å². The van der Waals surface area contributed by atoms with Crippen LogP contribution in [-0.4, -0.2) is 30.3 Å². The Morgan fingerprint density at radius 3 is 2.81 bits per heavy atom. The first-order chi connectivity index (χ1) is 12.7. The highest BCUT2D eigenvalue weighted by Crippen LogP contribution is 2.48. The molecule has 0 spiro atoms. The molecule has 2 aliphatic rings. The summed E-state index contributed by atoms with van der Waals surface area (Å²) in [5, 5.41) is 3.97. The zero-order valence-corrected chi connectivity index (χ0v) is 14.9. The Morgan fingerprint density at radius 1 is 1.23 bits per heavy atom. The van der Waals surface area contributed by atoms with Gasteiger partial charge in [-0.05, 0) is 43.2 Å². The normalized spacial score (nSPS) is 23.8. The molecule has 7 nitrogen and oxygen atoms in total. The van der Waals surface area contributed by atoms with Gasteiger partial charge in [0.15, 0.2) is 6.61 Å². The van der Waals surface area contributed by atoms with Gasteiger partial charge in [-0.25, -0.2) is 0 Å². The summed E-state index contributed by atoms with van der Waals surface area (Å²) in [5.74, 6) is 3.01. The molecule has 0 radical (unpaired) electrons. The Kier molecular flexibility index (Phi) is 4.53. The van der Waals surface area contributed by atoms with Crippen LogP contribution in [-0.2, 0) is 16.1 Å². The number of carbonyl (C=O) groups is 1. The molecule has 2 aromatic rings. The van der Waals surface area contributed by atoms with Crippen LogP contribution >= 0.6 is 0 Å². The van der Waals surface area contributed by atoms with Gasteiger partial charge in [0.05, 0.1) is 25.7 Å². The van der Waals surface area contributed by atoms with Crippen molar-refractivity contribution in [1.82, 2.24) is 10.1 Å². The molecule has 26 heavy (non-hydrogen) atoms. The molecule has 0 saturated heterocycles. The topological polar surface area (TPSA) is 83.7 Å². The molecule has 3 unspecified atom stereocenters. The lowest BCUT2D eigenvalue weighted by atomic mass is 9.89. The smallest absolute Gasteiger partial charge is 0.309 e. The molecular weight excluding hydrogens is 336 g/mol. The zero-order valence-electron chi connectivity index (χ0n) is 14.9. The van der Waals surface area contributed by atoms with Crippen molar-refractivity contribution in [2.24, 2.45) is 17.8 Å². The second kappa shape index (κ2) is 6.97. The van der Waals surface area contributed by atoms with E-state index in [2.05, 4.69) is 10.1 Å². The van der Waals surface area contributed by atoms with Crippen molar-refractivity contribution in [1.29, 1.82) is 0 Å². The van der Waals surface area contributed by atoms with E-state index < -0.39 is 0 Å². The van der Waals surface area contributed by atoms with E-state index in [0.717, 1.165) is 12.8 Å². The molecular formula is C19H22N2O5. The Hall–Kier alpha value is -2.57. The minimum Gasteiger partial charge on any atom is -0.497 e. The van der Waals surface area contributed by atoms with Gasteiger partial charge in [0.1, 0.15) is 11.5 Å². The molecule has 4 rings (SSSR count). The molecule has 1 heterocycles. The first-order valence-electron chi connectivity index (χ1n) is 8.89. The van der Waals surface area contributed by atoms with Gasteiger partial charge in [-0.2, -0.15) is 4.98 Å². The maximum Gasteiger partial charge on any atom is 0.309 e. The number of benzene rings is 1. The van der Waals surface area contributed by atoms with E-state index in [1.54, 1.807) is 32.4 Å². The van der Waals surface area contributed by atoms with Crippen molar-refractivity contribution in [3.63, 3.8) is 0 Å². The summed E-state index contributed by atoms with van der Waals surface area (Å²) in [6, 6.07) is 5.34. The fourth-order valence-electron chi connectivity index (χ4n) is 4.18. The van der Waals surface area contributed by atoms with Crippen molar-refractivity contribution < 1.29 is 23.5 Å². The fraction of sp³-hybridized carbons (Fsp3) is 0.526. The molecule has 138 valence electrons. The first-order valence-corrected chi connectivity index (χ1v) is 8.89. The van der Waals surface area contributed by atoms with Gasteiger partial charge >= 0.3 is 5.97 Å². The Bertz CT molecular complexity index is 803. The average Bonchev–Trinajstić information content (AvgIpc) is 3.42. The predicted octanol–water partition coefficient (Wildman–Crippen LogP) is 3.23. The van der Waals surface area contributed by atoms with Crippen LogP contribution in [0.25, 0.3) is 11.4 Å². The van der Waals surface area contributed by atoms with Crippen LogP contribution < -0.4 is 9.47 Å². The van der Waals surface area contributed by atoms with Gasteiger partial charge in [0.2, 0.25) is 5.82 Å². The summed E-state index contributed by atoms with van der Waals surface area (Å²) in [6.07, 6.45) is 4.53. The van der Waals surface area contributed by atoms with Gasteiger partial charge in [0.25, 0.3) is 5.89 Å². The molecule has 2 saturated carbocycles. The van der Waals surface area contributed by atoms with Crippen molar-refractivity contribution in [3.05, 3.63) is 24.1 Å². The van der Waals surface area contributed by atoms with E-state index in [0.29, 0.717) is 34.7 Å². The van der Waals surface area contributed by atoms with E-state index in [1.807, 2.05) is 0 Å². The van der Waals surface area contributed by atoms with Crippen LogP contribution in [0.4, 0.5) is 0 Å². The van der Waals surface area contributed by atoms with E-state index in [4.69, 9.17) is 18.7 Å². The van der Waals surface area contributed by atoms with Crippen LogP contribution in [0.2, 0.25) is 0 Å². The number of hydrogen-bond acceptors (Lipinski definition) is 7. The summed E-state index contributed by atoms with van der Waals surface area (Å²) in [4.78, 5) is 16.6. The SMILES string of the molecule is COc1ccc(-c2noc(COC(=O)C3CC4CCC3C4)n2)c(OC)c1. The van der Waals surface area contributed by atoms with Crippen LogP contribution in [0, 0.1) is 17.8 Å². The number of carbonyl (C=O) groups excluding carboxylic acids is 1. The second-order valence-corrected chi connectivity index (χ2v) is 6.97. The third-order valence-electron chi connectivity index (χ3n) is 5.50. The number of esters is 1. The Morgan fingerprint density at radius 2 is 2.12 bits per heavy atom. The summed E-state index contributed by atoms with van der Waals surface area (Å²) < 4.78 is 21.2. The van der Waals surface area contributed by atoms with Gasteiger partial charge in [-0.3, -0.25) is 4.79 Å². The third-order valence-corrected chi connectivity index (χ3v) is 5.50. The highest BCUT2D eigenvalue weighted by Gasteiger charge is 2.44. The third kappa shape index (κ3) is 3.13. The lowest BCUT2D eigenvalue weighted by molar-refractivity contribution is -0.152. The predicted molar refractivity (Wildman–Crippen MR) is 91.6 cm³/mol. The zero-order chi connectivity index (χ0) is 18.1. The van der Waals surface area contributed by atoms with Crippen molar-refractivity contribution in [2.75, 3.05) is 14.2 Å². The van der Waals surface area contributed by atoms with Crippen molar-refractivity contribution >= 4 is 5.97 Å². The lowest BCUT2D eigenvalue weighted by Crippen LogP contribution is -2.23. The molecule has 0 aliphatic heterocycles. The number of aromatic nitrogens is 2. The van der Waals surface area contributed by atoms with Crippen LogP contribution in [0.5, 0.6) is 11.5 Å². The highest BCUT2D eigenvalue weighted by molar-refractivity contribution is 5.73.